The molecule has 80 valence electrons. The fourth-order valence-electron chi connectivity index (χ4n) is 1.26. The van der Waals surface area contributed by atoms with Gasteiger partial charge in [-0.15, -0.1) is 13.2 Å². The highest BCUT2D eigenvalue weighted by atomic mass is 16.5. The molecule has 0 saturated heterocycles. The van der Waals surface area contributed by atoms with Crippen molar-refractivity contribution >= 4 is 5.97 Å². The molecule has 0 aliphatic rings. The number of carbonyl (C=O) groups excluding carboxylic acids is 1. The van der Waals surface area contributed by atoms with Crippen LogP contribution in [-0.4, -0.2) is 12.6 Å². The van der Waals surface area contributed by atoms with Crippen molar-refractivity contribution in [3.63, 3.8) is 0 Å². The second-order valence-electron chi connectivity index (χ2n) is 3.85. The lowest BCUT2D eigenvalue weighted by Crippen LogP contribution is -2.30. The van der Waals surface area contributed by atoms with Crippen LogP contribution in [0.2, 0.25) is 0 Å². The van der Waals surface area contributed by atoms with Gasteiger partial charge >= 0.3 is 5.97 Å². The third kappa shape index (κ3) is 3.36. The molecule has 1 unspecified atom stereocenters. The Balaban J connectivity index is 4.65. The van der Waals surface area contributed by atoms with Gasteiger partial charge in [0.05, 0.1) is 12.5 Å². The third-order valence-electron chi connectivity index (χ3n) is 2.40. The highest BCUT2D eigenvalue weighted by Crippen LogP contribution is 2.31. The molecule has 1 atom stereocenters. The maximum atomic E-state index is 11.6. The Morgan fingerprint density at radius 3 is 2.43 bits per heavy atom. The second-order valence-corrected chi connectivity index (χ2v) is 3.85. The molecule has 0 heterocycles. The summed E-state index contributed by atoms with van der Waals surface area (Å²) in [6, 6.07) is 0. The van der Waals surface area contributed by atoms with Crippen molar-refractivity contribution in [1.29, 1.82) is 0 Å². The van der Waals surface area contributed by atoms with E-state index in [1.54, 1.807) is 12.2 Å². The normalized spacial score (nSPS) is 13.1. The highest BCUT2D eigenvalue weighted by Gasteiger charge is 2.32. The molecular weight excluding hydrogens is 176 g/mol. The molecular formula is C12H20O2. The van der Waals surface area contributed by atoms with Gasteiger partial charge in [-0.05, 0) is 18.8 Å². The largest absolute Gasteiger partial charge is 0.466 e. The van der Waals surface area contributed by atoms with Crippen LogP contribution in [0.1, 0.15) is 27.2 Å². The SMILES string of the molecule is C=CCC(C(=O)OCC)C(C)(C)C=C. The topological polar surface area (TPSA) is 26.3 Å². The Labute approximate surface area is 86.6 Å². The molecule has 0 spiro atoms. The van der Waals surface area contributed by atoms with Gasteiger partial charge in [-0.1, -0.05) is 26.0 Å². The molecule has 0 rings (SSSR count). The number of carbonyl (C=O) groups is 1. The molecule has 0 bridgehead atoms. The van der Waals surface area contributed by atoms with Crippen molar-refractivity contribution in [2.45, 2.75) is 27.2 Å². The molecule has 0 aromatic rings. The van der Waals surface area contributed by atoms with Crippen molar-refractivity contribution in [3.05, 3.63) is 25.3 Å². The van der Waals surface area contributed by atoms with E-state index in [1.807, 2.05) is 20.8 Å². The van der Waals surface area contributed by atoms with E-state index in [0.717, 1.165) is 0 Å². The maximum Gasteiger partial charge on any atom is 0.310 e. The van der Waals surface area contributed by atoms with Crippen LogP contribution in [0.3, 0.4) is 0 Å². The maximum absolute atomic E-state index is 11.6. The number of rotatable bonds is 6. The van der Waals surface area contributed by atoms with Gasteiger partial charge in [0, 0.05) is 0 Å². The van der Waals surface area contributed by atoms with Crippen LogP contribution in [0.5, 0.6) is 0 Å². The predicted octanol–water partition coefficient (Wildman–Crippen LogP) is 2.95. The summed E-state index contributed by atoms with van der Waals surface area (Å²) >= 11 is 0. The summed E-state index contributed by atoms with van der Waals surface area (Å²) in [7, 11) is 0. The molecule has 0 aliphatic carbocycles. The van der Waals surface area contributed by atoms with Crippen molar-refractivity contribution in [2.24, 2.45) is 11.3 Å². The third-order valence-corrected chi connectivity index (χ3v) is 2.40. The summed E-state index contributed by atoms with van der Waals surface area (Å²) in [6.45, 7) is 13.6. The first-order valence-electron chi connectivity index (χ1n) is 4.90. The van der Waals surface area contributed by atoms with Crippen molar-refractivity contribution in [2.75, 3.05) is 6.61 Å². The van der Waals surface area contributed by atoms with Crippen LogP contribution in [0.25, 0.3) is 0 Å². The standard InChI is InChI=1S/C12H20O2/c1-6-9-10(11(13)14-8-3)12(4,5)7-2/h6-7,10H,1-2,8-9H2,3-5H3. The van der Waals surface area contributed by atoms with E-state index in [4.69, 9.17) is 4.74 Å². The number of allylic oxidation sites excluding steroid dienone is 2. The number of hydrogen-bond acceptors (Lipinski definition) is 2. The van der Waals surface area contributed by atoms with Crippen LogP contribution >= 0.6 is 0 Å². The summed E-state index contributed by atoms with van der Waals surface area (Å²) < 4.78 is 5.01. The number of hydrogen-bond donors (Lipinski definition) is 0. The van der Waals surface area contributed by atoms with E-state index in [2.05, 4.69) is 13.2 Å². The Bertz CT molecular complexity index is 216. The summed E-state index contributed by atoms with van der Waals surface area (Å²) in [6.07, 6.45) is 4.16. The second kappa shape index (κ2) is 5.63. The fourth-order valence-corrected chi connectivity index (χ4v) is 1.26. The molecule has 0 N–H and O–H groups in total. The quantitative estimate of drug-likeness (QED) is 0.482. The zero-order valence-corrected chi connectivity index (χ0v) is 9.38. The lowest BCUT2D eigenvalue weighted by molar-refractivity contribution is -0.151. The first-order valence-corrected chi connectivity index (χ1v) is 4.90. The van der Waals surface area contributed by atoms with Crippen molar-refractivity contribution < 1.29 is 9.53 Å². The van der Waals surface area contributed by atoms with E-state index >= 15 is 0 Å². The summed E-state index contributed by atoms with van der Waals surface area (Å²) in [4.78, 5) is 11.6. The average molecular weight is 196 g/mol. The van der Waals surface area contributed by atoms with Crippen molar-refractivity contribution in [1.82, 2.24) is 0 Å². The predicted molar refractivity (Wildman–Crippen MR) is 58.9 cm³/mol. The average Bonchev–Trinajstić information content (AvgIpc) is 2.14. The van der Waals surface area contributed by atoms with Gasteiger partial charge in [0.1, 0.15) is 0 Å². The van der Waals surface area contributed by atoms with E-state index in [0.29, 0.717) is 13.0 Å². The van der Waals surface area contributed by atoms with Crippen LogP contribution in [0.4, 0.5) is 0 Å². The van der Waals surface area contributed by atoms with E-state index in [-0.39, 0.29) is 17.3 Å². The van der Waals surface area contributed by atoms with E-state index in [9.17, 15) is 4.79 Å². The van der Waals surface area contributed by atoms with Crippen LogP contribution in [0.15, 0.2) is 25.3 Å². The van der Waals surface area contributed by atoms with Gasteiger partial charge in [-0.2, -0.15) is 0 Å². The van der Waals surface area contributed by atoms with Gasteiger partial charge in [-0.25, -0.2) is 0 Å². The molecule has 0 saturated carbocycles. The molecule has 2 heteroatoms. The lowest BCUT2D eigenvalue weighted by Gasteiger charge is -2.28. The van der Waals surface area contributed by atoms with Gasteiger partial charge in [-0.3, -0.25) is 4.79 Å². The number of ether oxygens (including phenoxy) is 1. The minimum atomic E-state index is -0.250. The van der Waals surface area contributed by atoms with Gasteiger partial charge in [0.25, 0.3) is 0 Å². The molecule has 0 fully saturated rings. The van der Waals surface area contributed by atoms with Crippen LogP contribution in [0, 0.1) is 11.3 Å². The molecule has 14 heavy (non-hydrogen) atoms. The van der Waals surface area contributed by atoms with E-state index < -0.39 is 0 Å². The first-order chi connectivity index (χ1) is 6.49. The van der Waals surface area contributed by atoms with Crippen molar-refractivity contribution in [3.8, 4) is 0 Å². The Morgan fingerprint density at radius 2 is 2.07 bits per heavy atom. The lowest BCUT2D eigenvalue weighted by atomic mass is 9.77. The monoisotopic (exact) mass is 196 g/mol. The van der Waals surface area contributed by atoms with Gasteiger partial charge < -0.3 is 4.74 Å². The molecule has 0 aliphatic heterocycles. The van der Waals surface area contributed by atoms with E-state index in [1.165, 1.54) is 0 Å². The summed E-state index contributed by atoms with van der Waals surface area (Å²) in [5.74, 6) is -0.352. The van der Waals surface area contributed by atoms with Gasteiger partial charge in [0.2, 0.25) is 0 Å². The molecule has 0 aromatic heterocycles. The Kier molecular flexibility index (Phi) is 5.21. The first kappa shape index (κ1) is 12.9. The van der Waals surface area contributed by atoms with Crippen LogP contribution < -0.4 is 0 Å². The zero-order valence-electron chi connectivity index (χ0n) is 9.38. The molecule has 0 radical (unpaired) electrons. The minimum absolute atomic E-state index is 0.169. The molecule has 0 aromatic carbocycles. The zero-order chi connectivity index (χ0) is 11.2. The fraction of sp³-hybridized carbons (Fsp3) is 0.583. The molecule has 2 nitrogen and oxygen atoms in total. The highest BCUT2D eigenvalue weighted by molar-refractivity contribution is 5.73. The molecule has 0 amide bonds. The number of esters is 1. The van der Waals surface area contributed by atoms with Gasteiger partial charge in [0.15, 0.2) is 0 Å². The minimum Gasteiger partial charge on any atom is -0.466 e. The summed E-state index contributed by atoms with van der Waals surface area (Å²) in [5.41, 5.74) is -0.250. The summed E-state index contributed by atoms with van der Waals surface area (Å²) in [5, 5.41) is 0. The Morgan fingerprint density at radius 1 is 1.50 bits per heavy atom. The van der Waals surface area contributed by atoms with Crippen LogP contribution in [-0.2, 0) is 9.53 Å². The smallest absolute Gasteiger partial charge is 0.310 e. The Hall–Kier alpha value is -1.05.